The molecule has 1 aromatic carbocycles. The lowest BCUT2D eigenvalue weighted by Crippen LogP contribution is -2.17. The molecule has 1 aromatic heterocycles. The number of ether oxygens (including phenoxy) is 1. The molecule has 0 N–H and O–H groups in total. The van der Waals surface area contributed by atoms with Crippen LogP contribution in [0.25, 0.3) is 11.3 Å². The number of nitrogens with zero attached hydrogens (tertiary/aromatic N) is 1. The fourth-order valence-corrected chi connectivity index (χ4v) is 3.03. The summed E-state index contributed by atoms with van der Waals surface area (Å²) < 4.78 is 5.65. The van der Waals surface area contributed by atoms with Crippen LogP contribution >= 0.6 is 0 Å². The lowest BCUT2D eigenvalue weighted by Gasteiger charge is -2.13. The van der Waals surface area contributed by atoms with Crippen LogP contribution in [0, 0.1) is 5.92 Å². The Balaban J connectivity index is 2.05. The first-order valence-corrected chi connectivity index (χ1v) is 10.4. The van der Waals surface area contributed by atoms with Crippen molar-refractivity contribution >= 4 is 5.97 Å². The molecular formula is C24H33NO2. The second-order valence-electron chi connectivity index (χ2n) is 7.29. The maximum atomic E-state index is 12.2. The fraction of sp³-hybridized carbons (Fsp3) is 0.500. The Labute approximate surface area is 164 Å². The van der Waals surface area contributed by atoms with Gasteiger partial charge in [-0.05, 0) is 49.1 Å². The van der Waals surface area contributed by atoms with Gasteiger partial charge in [-0.15, -0.1) is 0 Å². The Morgan fingerprint density at radius 1 is 1.04 bits per heavy atom. The molecule has 0 aliphatic heterocycles. The number of aryl methyl sites for hydroxylation is 1. The number of rotatable bonds is 11. The van der Waals surface area contributed by atoms with Crippen molar-refractivity contribution in [1.82, 2.24) is 4.98 Å². The molecule has 1 unspecified atom stereocenters. The quantitative estimate of drug-likeness (QED) is 0.255. The molecular weight excluding hydrogens is 334 g/mol. The predicted octanol–water partition coefficient (Wildman–Crippen LogP) is 6.60. The molecule has 1 atom stereocenters. The van der Waals surface area contributed by atoms with E-state index in [1.54, 1.807) is 0 Å². The highest BCUT2D eigenvalue weighted by atomic mass is 16.5. The molecule has 0 saturated heterocycles. The lowest BCUT2D eigenvalue weighted by atomic mass is 10.0. The van der Waals surface area contributed by atoms with Crippen LogP contribution in [-0.2, 0) is 11.2 Å². The van der Waals surface area contributed by atoms with E-state index in [1.807, 2.05) is 44.3 Å². The Kier molecular flexibility index (Phi) is 9.03. The van der Waals surface area contributed by atoms with Crippen LogP contribution in [0.4, 0.5) is 0 Å². The molecule has 0 aliphatic rings. The number of esters is 1. The third-order valence-electron chi connectivity index (χ3n) is 5.03. The van der Waals surface area contributed by atoms with Gasteiger partial charge in [0.15, 0.2) is 0 Å². The number of carbonyl (C=O) groups is 1. The van der Waals surface area contributed by atoms with Crippen LogP contribution < -0.4 is 4.74 Å². The molecule has 0 aliphatic carbocycles. The summed E-state index contributed by atoms with van der Waals surface area (Å²) in [7, 11) is 0. The zero-order chi connectivity index (χ0) is 19.5. The van der Waals surface area contributed by atoms with Gasteiger partial charge in [0.25, 0.3) is 0 Å². The van der Waals surface area contributed by atoms with Crippen molar-refractivity contribution in [3.63, 3.8) is 0 Å². The highest BCUT2D eigenvalue weighted by Gasteiger charge is 2.16. The van der Waals surface area contributed by atoms with Gasteiger partial charge in [-0.3, -0.25) is 9.78 Å². The SMILES string of the molecule is CCCCCCCCc1ccnc(-c2ccccc2OC(=O)C(C)CC)c1. The van der Waals surface area contributed by atoms with Gasteiger partial charge >= 0.3 is 5.97 Å². The van der Waals surface area contributed by atoms with Gasteiger partial charge in [0.05, 0.1) is 11.6 Å². The minimum atomic E-state index is -0.187. The number of hydrogen-bond acceptors (Lipinski definition) is 3. The first-order chi connectivity index (χ1) is 13.2. The summed E-state index contributed by atoms with van der Waals surface area (Å²) in [5.41, 5.74) is 3.03. The Hall–Kier alpha value is -2.16. The van der Waals surface area contributed by atoms with Crippen LogP contribution in [0.15, 0.2) is 42.6 Å². The predicted molar refractivity (Wildman–Crippen MR) is 112 cm³/mol. The number of hydrogen-bond donors (Lipinski definition) is 0. The molecule has 3 nitrogen and oxygen atoms in total. The molecule has 0 fully saturated rings. The van der Waals surface area contributed by atoms with Gasteiger partial charge in [-0.25, -0.2) is 0 Å². The van der Waals surface area contributed by atoms with E-state index in [2.05, 4.69) is 24.0 Å². The fourth-order valence-electron chi connectivity index (χ4n) is 3.03. The Morgan fingerprint density at radius 2 is 1.78 bits per heavy atom. The summed E-state index contributed by atoms with van der Waals surface area (Å²) in [5, 5.41) is 0. The van der Waals surface area contributed by atoms with Crippen molar-refractivity contribution in [2.75, 3.05) is 0 Å². The summed E-state index contributed by atoms with van der Waals surface area (Å²) in [5.74, 6) is 0.297. The average molecular weight is 368 g/mol. The molecule has 2 aromatic rings. The number of para-hydroxylation sites is 1. The summed E-state index contributed by atoms with van der Waals surface area (Å²) in [6.45, 7) is 6.13. The van der Waals surface area contributed by atoms with Crippen LogP contribution in [-0.4, -0.2) is 11.0 Å². The van der Waals surface area contributed by atoms with Gasteiger partial charge in [-0.2, -0.15) is 0 Å². The minimum Gasteiger partial charge on any atom is -0.426 e. The monoisotopic (exact) mass is 367 g/mol. The van der Waals surface area contributed by atoms with E-state index in [0.29, 0.717) is 5.75 Å². The molecule has 3 heteroatoms. The average Bonchev–Trinajstić information content (AvgIpc) is 2.70. The van der Waals surface area contributed by atoms with E-state index in [4.69, 9.17) is 4.74 Å². The maximum Gasteiger partial charge on any atom is 0.314 e. The molecule has 146 valence electrons. The molecule has 2 rings (SSSR count). The third kappa shape index (κ3) is 6.82. The minimum absolute atomic E-state index is 0.106. The molecule has 1 heterocycles. The van der Waals surface area contributed by atoms with Crippen molar-refractivity contribution in [3.8, 4) is 17.0 Å². The molecule has 0 amide bonds. The van der Waals surface area contributed by atoms with Crippen molar-refractivity contribution in [2.45, 2.75) is 72.1 Å². The molecule has 0 radical (unpaired) electrons. The largest absolute Gasteiger partial charge is 0.426 e. The highest BCUT2D eigenvalue weighted by molar-refractivity contribution is 5.78. The van der Waals surface area contributed by atoms with Crippen molar-refractivity contribution in [1.29, 1.82) is 0 Å². The van der Waals surface area contributed by atoms with Crippen molar-refractivity contribution in [2.24, 2.45) is 5.92 Å². The number of benzene rings is 1. The Bertz CT molecular complexity index is 711. The zero-order valence-corrected chi connectivity index (χ0v) is 17.0. The summed E-state index contributed by atoms with van der Waals surface area (Å²) in [6, 6.07) is 11.9. The van der Waals surface area contributed by atoms with E-state index in [0.717, 1.165) is 24.1 Å². The second kappa shape index (κ2) is 11.5. The van der Waals surface area contributed by atoms with E-state index >= 15 is 0 Å². The first kappa shape index (κ1) is 21.1. The van der Waals surface area contributed by atoms with Crippen LogP contribution in [0.5, 0.6) is 5.75 Å². The van der Waals surface area contributed by atoms with E-state index in [1.165, 1.54) is 44.1 Å². The molecule has 0 saturated carbocycles. The maximum absolute atomic E-state index is 12.2. The lowest BCUT2D eigenvalue weighted by molar-refractivity contribution is -0.138. The van der Waals surface area contributed by atoms with Gasteiger partial charge in [0, 0.05) is 11.8 Å². The van der Waals surface area contributed by atoms with E-state index in [9.17, 15) is 4.79 Å². The van der Waals surface area contributed by atoms with Gasteiger partial charge in [0.2, 0.25) is 0 Å². The van der Waals surface area contributed by atoms with E-state index < -0.39 is 0 Å². The topological polar surface area (TPSA) is 39.2 Å². The third-order valence-corrected chi connectivity index (χ3v) is 5.03. The van der Waals surface area contributed by atoms with Crippen molar-refractivity contribution in [3.05, 3.63) is 48.2 Å². The van der Waals surface area contributed by atoms with Crippen LogP contribution in [0.2, 0.25) is 0 Å². The molecule has 27 heavy (non-hydrogen) atoms. The smallest absolute Gasteiger partial charge is 0.314 e. The van der Waals surface area contributed by atoms with Crippen molar-refractivity contribution < 1.29 is 9.53 Å². The van der Waals surface area contributed by atoms with Gasteiger partial charge in [-0.1, -0.05) is 65.0 Å². The molecule has 0 bridgehead atoms. The number of pyridine rings is 1. The summed E-state index contributed by atoms with van der Waals surface area (Å²) in [6.07, 6.45) is 11.5. The summed E-state index contributed by atoms with van der Waals surface area (Å²) in [4.78, 5) is 16.7. The molecule has 0 spiro atoms. The standard InChI is InChI=1S/C24H33NO2/c1-4-6-7-8-9-10-13-20-16-17-25-22(18-20)21-14-11-12-15-23(21)27-24(26)19(3)5-2/h11-12,14-19H,4-10,13H2,1-3H3. The number of carbonyl (C=O) groups excluding carboxylic acids is 1. The van der Waals surface area contributed by atoms with E-state index in [-0.39, 0.29) is 11.9 Å². The highest BCUT2D eigenvalue weighted by Crippen LogP contribution is 2.30. The van der Waals surface area contributed by atoms with Crippen LogP contribution in [0.1, 0.15) is 71.3 Å². The van der Waals surface area contributed by atoms with Gasteiger partial charge in [0.1, 0.15) is 5.75 Å². The Morgan fingerprint density at radius 3 is 2.56 bits per heavy atom. The zero-order valence-electron chi connectivity index (χ0n) is 17.0. The summed E-state index contributed by atoms with van der Waals surface area (Å²) >= 11 is 0. The van der Waals surface area contributed by atoms with Crippen LogP contribution in [0.3, 0.4) is 0 Å². The van der Waals surface area contributed by atoms with Gasteiger partial charge < -0.3 is 4.74 Å². The number of unbranched alkanes of at least 4 members (excludes halogenated alkanes) is 5. The second-order valence-corrected chi connectivity index (χ2v) is 7.29. The first-order valence-electron chi connectivity index (χ1n) is 10.4. The number of aromatic nitrogens is 1. The normalized spacial score (nSPS) is 12.0.